The number of hydrogen-bond donors (Lipinski definition) is 1. The lowest BCUT2D eigenvalue weighted by Crippen LogP contribution is -2.03. The van der Waals surface area contributed by atoms with E-state index in [9.17, 15) is 14.3 Å². The molecule has 0 unspecified atom stereocenters. The minimum absolute atomic E-state index is 0.0394. The molecule has 2 aromatic carbocycles. The zero-order valence-corrected chi connectivity index (χ0v) is 13.5. The van der Waals surface area contributed by atoms with Crippen molar-refractivity contribution in [2.75, 3.05) is 21.3 Å². The summed E-state index contributed by atoms with van der Waals surface area (Å²) < 4.78 is 29.1. The highest BCUT2D eigenvalue weighted by atomic mass is 19.1. The number of methoxy groups -OCH3 is 3. The van der Waals surface area contributed by atoms with Gasteiger partial charge in [-0.25, -0.2) is 4.39 Å². The Morgan fingerprint density at radius 1 is 1.08 bits per heavy atom. The molecule has 0 aliphatic rings. The lowest BCUT2D eigenvalue weighted by Gasteiger charge is -2.15. The van der Waals surface area contributed by atoms with E-state index < -0.39 is 11.6 Å². The number of benzene rings is 2. The summed E-state index contributed by atoms with van der Waals surface area (Å²) in [4.78, 5) is 12.5. The third-order valence-electron chi connectivity index (χ3n) is 3.38. The lowest BCUT2D eigenvalue weighted by atomic mass is 10.0. The molecule has 0 saturated heterocycles. The molecule has 6 heteroatoms. The van der Waals surface area contributed by atoms with Crippen LogP contribution >= 0.6 is 0 Å². The molecule has 0 amide bonds. The summed E-state index contributed by atoms with van der Waals surface area (Å²) in [6, 6.07) is 7.29. The topological polar surface area (TPSA) is 65.0 Å². The van der Waals surface area contributed by atoms with Crippen LogP contribution in [0.1, 0.15) is 15.9 Å². The number of aromatic hydroxyl groups is 1. The molecular weight excluding hydrogens is 315 g/mol. The first-order chi connectivity index (χ1) is 11.5. The number of phenolic OH excluding ortho intramolecular Hbond substituents is 1. The first-order valence-electron chi connectivity index (χ1n) is 7.02. The minimum Gasteiger partial charge on any atom is -0.507 e. The van der Waals surface area contributed by atoms with E-state index in [1.54, 1.807) is 12.1 Å². The molecule has 0 radical (unpaired) electrons. The quantitative estimate of drug-likeness (QED) is 0.648. The third kappa shape index (κ3) is 3.32. The Morgan fingerprint density at radius 3 is 2.33 bits per heavy atom. The van der Waals surface area contributed by atoms with Gasteiger partial charge in [0, 0.05) is 11.6 Å². The number of allylic oxidation sites excluding steroid dienone is 1. The van der Waals surface area contributed by atoms with Gasteiger partial charge in [-0.3, -0.25) is 4.79 Å². The normalized spacial score (nSPS) is 10.7. The predicted molar refractivity (Wildman–Crippen MR) is 87.5 cm³/mol. The van der Waals surface area contributed by atoms with E-state index in [4.69, 9.17) is 14.2 Å². The van der Waals surface area contributed by atoms with Crippen LogP contribution in [-0.2, 0) is 0 Å². The van der Waals surface area contributed by atoms with E-state index in [0.29, 0.717) is 0 Å². The lowest BCUT2D eigenvalue weighted by molar-refractivity contribution is 0.104. The maximum absolute atomic E-state index is 13.6. The van der Waals surface area contributed by atoms with Crippen LogP contribution in [0.15, 0.2) is 36.4 Å². The van der Waals surface area contributed by atoms with E-state index in [2.05, 4.69) is 0 Å². The molecule has 2 rings (SSSR count). The van der Waals surface area contributed by atoms with Crippen LogP contribution in [0.2, 0.25) is 0 Å². The smallest absolute Gasteiger partial charge is 0.204 e. The fourth-order valence-electron chi connectivity index (χ4n) is 2.24. The molecule has 0 atom stereocenters. The zero-order chi connectivity index (χ0) is 17.7. The van der Waals surface area contributed by atoms with Gasteiger partial charge in [-0.1, -0.05) is 18.2 Å². The van der Waals surface area contributed by atoms with Crippen molar-refractivity contribution in [3.8, 4) is 23.0 Å². The van der Waals surface area contributed by atoms with Crippen LogP contribution in [-0.4, -0.2) is 32.2 Å². The summed E-state index contributed by atoms with van der Waals surface area (Å²) in [6.45, 7) is 0. The molecule has 2 aromatic rings. The number of phenols is 1. The molecule has 5 nitrogen and oxygen atoms in total. The van der Waals surface area contributed by atoms with Crippen LogP contribution < -0.4 is 14.2 Å². The van der Waals surface area contributed by atoms with Gasteiger partial charge in [0.05, 0.1) is 21.3 Å². The van der Waals surface area contributed by atoms with Gasteiger partial charge in [-0.2, -0.15) is 0 Å². The van der Waals surface area contributed by atoms with E-state index in [1.807, 2.05) is 0 Å². The highest BCUT2D eigenvalue weighted by Crippen LogP contribution is 2.44. The molecule has 0 aliphatic carbocycles. The first-order valence-corrected chi connectivity index (χ1v) is 7.02. The van der Waals surface area contributed by atoms with Crippen molar-refractivity contribution in [3.05, 3.63) is 53.4 Å². The van der Waals surface area contributed by atoms with Gasteiger partial charge in [-0.05, 0) is 18.2 Å². The zero-order valence-electron chi connectivity index (χ0n) is 13.5. The monoisotopic (exact) mass is 332 g/mol. The van der Waals surface area contributed by atoms with E-state index in [1.165, 1.54) is 45.6 Å². The average Bonchev–Trinajstić information content (AvgIpc) is 2.59. The summed E-state index contributed by atoms with van der Waals surface area (Å²) in [6.07, 6.45) is 2.48. The Kier molecular flexibility index (Phi) is 5.42. The number of halogens is 1. The molecule has 0 saturated carbocycles. The van der Waals surface area contributed by atoms with Gasteiger partial charge in [0.25, 0.3) is 0 Å². The van der Waals surface area contributed by atoms with Gasteiger partial charge in [-0.15, -0.1) is 0 Å². The van der Waals surface area contributed by atoms with Crippen LogP contribution in [0.5, 0.6) is 23.0 Å². The molecule has 0 aromatic heterocycles. The number of ketones is 1. The molecular formula is C18H17FO5. The van der Waals surface area contributed by atoms with Crippen molar-refractivity contribution in [2.24, 2.45) is 0 Å². The maximum atomic E-state index is 13.6. The summed E-state index contributed by atoms with van der Waals surface area (Å²) in [7, 11) is 4.13. The van der Waals surface area contributed by atoms with Crippen molar-refractivity contribution in [1.29, 1.82) is 0 Å². The molecule has 0 fully saturated rings. The molecule has 0 spiro atoms. The average molecular weight is 332 g/mol. The Balaban J connectivity index is 2.48. The number of ether oxygens (including phenoxy) is 3. The van der Waals surface area contributed by atoms with Crippen molar-refractivity contribution < 1.29 is 28.5 Å². The number of carbonyl (C=O) groups excluding carboxylic acids is 1. The van der Waals surface area contributed by atoms with Gasteiger partial charge in [0.1, 0.15) is 17.1 Å². The fourth-order valence-corrected chi connectivity index (χ4v) is 2.24. The highest BCUT2D eigenvalue weighted by molar-refractivity contribution is 6.11. The number of hydrogen-bond acceptors (Lipinski definition) is 5. The SMILES string of the molecule is COc1cc(O)c(C(=O)/C=C/c2ccccc2F)c(OC)c1OC. The van der Waals surface area contributed by atoms with Gasteiger partial charge < -0.3 is 19.3 Å². The molecule has 0 heterocycles. The second-order valence-corrected chi connectivity index (χ2v) is 4.76. The summed E-state index contributed by atoms with van der Waals surface area (Å²) >= 11 is 0. The van der Waals surface area contributed by atoms with E-state index in [0.717, 1.165) is 6.08 Å². The molecule has 24 heavy (non-hydrogen) atoms. The van der Waals surface area contributed by atoms with Gasteiger partial charge >= 0.3 is 0 Å². The van der Waals surface area contributed by atoms with E-state index in [-0.39, 0.29) is 34.1 Å². The van der Waals surface area contributed by atoms with Crippen LogP contribution in [0.25, 0.3) is 6.08 Å². The molecule has 0 aliphatic heterocycles. The van der Waals surface area contributed by atoms with Gasteiger partial charge in [0.2, 0.25) is 5.75 Å². The Morgan fingerprint density at radius 2 is 1.75 bits per heavy atom. The highest BCUT2D eigenvalue weighted by Gasteiger charge is 2.24. The standard InChI is InChI=1S/C18H17FO5/c1-22-15-10-14(21)16(18(24-3)17(15)23-2)13(20)9-8-11-6-4-5-7-12(11)19/h4-10,21H,1-3H3/b9-8+. The largest absolute Gasteiger partial charge is 0.507 e. The van der Waals surface area contributed by atoms with E-state index >= 15 is 0 Å². The molecule has 126 valence electrons. The Labute approximate surface area is 138 Å². The summed E-state index contributed by atoms with van der Waals surface area (Å²) in [5.74, 6) is -0.897. The van der Waals surface area contributed by atoms with Crippen molar-refractivity contribution in [2.45, 2.75) is 0 Å². The third-order valence-corrected chi connectivity index (χ3v) is 3.38. The summed E-state index contributed by atoms with van der Waals surface area (Å²) in [5.41, 5.74) is 0.160. The molecule has 1 N–H and O–H groups in total. The van der Waals surface area contributed by atoms with Crippen LogP contribution in [0, 0.1) is 5.82 Å². The second-order valence-electron chi connectivity index (χ2n) is 4.76. The fraction of sp³-hybridized carbons (Fsp3) is 0.167. The number of carbonyl (C=O) groups is 1. The minimum atomic E-state index is -0.562. The Hall–Kier alpha value is -3.02. The predicted octanol–water partition coefficient (Wildman–Crippen LogP) is 3.45. The summed E-state index contributed by atoms with van der Waals surface area (Å²) in [5, 5.41) is 10.1. The first kappa shape index (κ1) is 17.3. The van der Waals surface area contributed by atoms with Crippen molar-refractivity contribution in [3.63, 3.8) is 0 Å². The van der Waals surface area contributed by atoms with Crippen molar-refractivity contribution >= 4 is 11.9 Å². The maximum Gasteiger partial charge on any atom is 0.204 e. The number of rotatable bonds is 6. The van der Waals surface area contributed by atoms with Crippen LogP contribution in [0.3, 0.4) is 0 Å². The van der Waals surface area contributed by atoms with Crippen LogP contribution in [0.4, 0.5) is 4.39 Å². The Bertz CT molecular complexity index is 783. The van der Waals surface area contributed by atoms with Gasteiger partial charge in [0.15, 0.2) is 17.3 Å². The van der Waals surface area contributed by atoms with Crippen molar-refractivity contribution in [1.82, 2.24) is 0 Å². The second kappa shape index (κ2) is 7.50. The molecule has 0 bridgehead atoms.